The molecule has 0 fully saturated rings. The maximum atomic E-state index is 12.2. The van der Waals surface area contributed by atoms with Crippen molar-refractivity contribution in [3.05, 3.63) is 94.0 Å². The number of ether oxygens (including phenoxy) is 2. The van der Waals surface area contributed by atoms with Gasteiger partial charge >= 0.3 is 0 Å². The minimum absolute atomic E-state index is 0.0199. The van der Waals surface area contributed by atoms with Gasteiger partial charge in [0.2, 0.25) is 5.91 Å². The van der Waals surface area contributed by atoms with E-state index in [1.54, 1.807) is 43.5 Å². The Bertz CT molecular complexity index is 1090. The summed E-state index contributed by atoms with van der Waals surface area (Å²) in [5.41, 5.74) is 3.04. The minimum atomic E-state index is -0.282. The number of hydrogen-bond donors (Lipinski definition) is 1. The summed E-state index contributed by atoms with van der Waals surface area (Å²) < 4.78 is 12.1. The van der Waals surface area contributed by atoms with Gasteiger partial charge in [-0.3, -0.25) is 9.59 Å². The molecule has 0 spiro atoms. The highest BCUT2D eigenvalue weighted by Crippen LogP contribution is 2.37. The number of methoxy groups -OCH3 is 1. The lowest BCUT2D eigenvalue weighted by Gasteiger charge is -2.13. The van der Waals surface area contributed by atoms with Crippen LogP contribution < -0.4 is 14.8 Å². The van der Waals surface area contributed by atoms with Gasteiger partial charge < -0.3 is 14.8 Å². The number of ketones is 1. The second kappa shape index (κ2) is 10.6. The summed E-state index contributed by atoms with van der Waals surface area (Å²) >= 11 is 3.52. The van der Waals surface area contributed by atoms with Crippen molar-refractivity contribution in [2.45, 2.75) is 13.5 Å². The first kappa shape index (κ1) is 22.3. The molecule has 0 heterocycles. The summed E-state index contributed by atoms with van der Waals surface area (Å²) in [6, 6.07) is 20.3. The average molecular weight is 480 g/mol. The van der Waals surface area contributed by atoms with E-state index in [9.17, 15) is 9.59 Å². The topological polar surface area (TPSA) is 64.6 Å². The standard InChI is InChI=1S/C25H22BrNO4/c1-17(28)20-9-11-21(12-10-20)27-24(29)13-8-19-14-22(26)25(23(15-19)30-2)31-16-18-6-4-3-5-7-18/h3-15H,16H2,1-2H3,(H,27,29). The Kier molecular flexibility index (Phi) is 7.62. The number of halogens is 1. The van der Waals surface area contributed by atoms with Crippen molar-refractivity contribution >= 4 is 39.4 Å². The van der Waals surface area contributed by atoms with Crippen molar-refractivity contribution in [3.63, 3.8) is 0 Å². The van der Waals surface area contributed by atoms with Gasteiger partial charge in [0.05, 0.1) is 11.6 Å². The SMILES string of the molecule is COc1cc(C=CC(=O)Nc2ccc(C(C)=O)cc2)cc(Br)c1OCc1ccccc1. The lowest BCUT2D eigenvalue weighted by Crippen LogP contribution is -2.07. The maximum Gasteiger partial charge on any atom is 0.248 e. The highest BCUT2D eigenvalue weighted by Gasteiger charge is 2.11. The number of benzene rings is 3. The van der Waals surface area contributed by atoms with Crippen LogP contribution in [0.4, 0.5) is 5.69 Å². The molecule has 0 radical (unpaired) electrons. The van der Waals surface area contributed by atoms with E-state index in [4.69, 9.17) is 9.47 Å². The van der Waals surface area contributed by atoms with Crippen LogP contribution in [-0.2, 0) is 11.4 Å². The van der Waals surface area contributed by atoms with Crippen LogP contribution in [0.15, 0.2) is 77.3 Å². The molecule has 3 rings (SSSR count). The Labute approximate surface area is 189 Å². The summed E-state index contributed by atoms with van der Waals surface area (Å²) in [7, 11) is 1.57. The Morgan fingerprint density at radius 3 is 2.39 bits per heavy atom. The molecule has 0 aromatic heterocycles. The number of Topliss-reactive ketones (excluding diaryl/α,β-unsaturated/α-hetero) is 1. The fourth-order valence-corrected chi connectivity index (χ4v) is 3.42. The highest BCUT2D eigenvalue weighted by atomic mass is 79.9. The van der Waals surface area contributed by atoms with Crippen molar-refractivity contribution in [1.82, 2.24) is 0 Å². The Hall–Kier alpha value is -3.38. The van der Waals surface area contributed by atoms with Crippen LogP contribution >= 0.6 is 15.9 Å². The molecular formula is C25H22BrNO4. The van der Waals surface area contributed by atoms with Gasteiger partial charge in [0.15, 0.2) is 17.3 Å². The molecule has 0 saturated heterocycles. The van der Waals surface area contributed by atoms with Gasteiger partial charge in [0, 0.05) is 17.3 Å². The predicted molar refractivity (Wildman–Crippen MR) is 126 cm³/mol. The fraction of sp³-hybridized carbons (Fsp3) is 0.120. The molecule has 0 bridgehead atoms. The Balaban J connectivity index is 1.67. The number of hydrogen-bond acceptors (Lipinski definition) is 4. The smallest absolute Gasteiger partial charge is 0.248 e. The zero-order valence-corrected chi connectivity index (χ0v) is 18.8. The normalized spacial score (nSPS) is 10.7. The van der Waals surface area contributed by atoms with Gasteiger partial charge in [0.1, 0.15) is 6.61 Å². The van der Waals surface area contributed by atoms with Crippen molar-refractivity contribution in [2.75, 3.05) is 12.4 Å². The molecule has 6 heteroatoms. The average Bonchev–Trinajstić information content (AvgIpc) is 2.77. The van der Waals surface area contributed by atoms with Crippen LogP contribution in [0.5, 0.6) is 11.5 Å². The minimum Gasteiger partial charge on any atom is -0.493 e. The molecule has 1 amide bonds. The van der Waals surface area contributed by atoms with Gasteiger partial charge in [-0.25, -0.2) is 0 Å². The summed E-state index contributed by atoms with van der Waals surface area (Å²) in [4.78, 5) is 23.6. The molecule has 0 saturated carbocycles. The summed E-state index contributed by atoms with van der Waals surface area (Å²) in [6.45, 7) is 1.91. The van der Waals surface area contributed by atoms with Crippen LogP contribution in [0.3, 0.4) is 0 Å². The molecule has 158 valence electrons. The van der Waals surface area contributed by atoms with E-state index in [0.717, 1.165) is 15.6 Å². The first-order chi connectivity index (χ1) is 15.0. The van der Waals surface area contributed by atoms with E-state index in [2.05, 4.69) is 21.2 Å². The van der Waals surface area contributed by atoms with Crippen molar-refractivity contribution in [3.8, 4) is 11.5 Å². The zero-order chi connectivity index (χ0) is 22.2. The predicted octanol–water partition coefficient (Wildman–Crippen LogP) is 5.89. The number of nitrogens with one attached hydrogen (secondary N) is 1. The van der Waals surface area contributed by atoms with Gasteiger partial charge in [-0.2, -0.15) is 0 Å². The molecular weight excluding hydrogens is 458 g/mol. The van der Waals surface area contributed by atoms with Gasteiger partial charge in [-0.15, -0.1) is 0 Å². The number of carbonyl (C=O) groups excluding carboxylic acids is 2. The van der Waals surface area contributed by atoms with E-state index in [1.165, 1.54) is 13.0 Å². The van der Waals surface area contributed by atoms with Gasteiger partial charge in [0.25, 0.3) is 0 Å². The van der Waals surface area contributed by atoms with Crippen LogP contribution in [0, 0.1) is 0 Å². The lowest BCUT2D eigenvalue weighted by atomic mass is 10.1. The van der Waals surface area contributed by atoms with Crippen LogP contribution in [0.2, 0.25) is 0 Å². The lowest BCUT2D eigenvalue weighted by molar-refractivity contribution is -0.111. The molecule has 0 unspecified atom stereocenters. The molecule has 1 N–H and O–H groups in total. The third kappa shape index (κ3) is 6.30. The summed E-state index contributed by atoms with van der Waals surface area (Å²) in [5.74, 6) is 0.854. The molecule has 0 aliphatic rings. The van der Waals surface area contributed by atoms with Crippen LogP contribution in [0.1, 0.15) is 28.4 Å². The number of anilines is 1. The summed E-state index contributed by atoms with van der Waals surface area (Å²) in [5, 5.41) is 2.77. The molecule has 0 atom stereocenters. The van der Waals surface area contributed by atoms with E-state index in [0.29, 0.717) is 29.4 Å². The maximum absolute atomic E-state index is 12.2. The summed E-state index contributed by atoms with van der Waals surface area (Å²) in [6.07, 6.45) is 3.12. The fourth-order valence-electron chi connectivity index (χ4n) is 2.85. The number of amides is 1. The van der Waals surface area contributed by atoms with Crippen molar-refractivity contribution in [1.29, 1.82) is 0 Å². The van der Waals surface area contributed by atoms with Crippen LogP contribution in [-0.4, -0.2) is 18.8 Å². The number of rotatable bonds is 8. The Morgan fingerprint density at radius 1 is 1.03 bits per heavy atom. The van der Waals surface area contributed by atoms with E-state index in [1.807, 2.05) is 36.4 Å². The molecule has 3 aromatic rings. The monoisotopic (exact) mass is 479 g/mol. The first-order valence-corrected chi connectivity index (χ1v) is 10.4. The molecule has 0 aliphatic carbocycles. The molecule has 0 aliphatic heterocycles. The molecule has 3 aromatic carbocycles. The third-order valence-corrected chi connectivity index (χ3v) is 5.05. The highest BCUT2D eigenvalue weighted by molar-refractivity contribution is 9.10. The van der Waals surface area contributed by atoms with E-state index in [-0.39, 0.29) is 11.7 Å². The second-order valence-corrected chi connectivity index (χ2v) is 7.62. The second-order valence-electron chi connectivity index (χ2n) is 6.76. The zero-order valence-electron chi connectivity index (χ0n) is 17.2. The third-order valence-electron chi connectivity index (χ3n) is 4.46. The van der Waals surface area contributed by atoms with Crippen molar-refractivity contribution < 1.29 is 19.1 Å². The first-order valence-electron chi connectivity index (χ1n) is 9.60. The molecule has 31 heavy (non-hydrogen) atoms. The van der Waals surface area contributed by atoms with Gasteiger partial charge in [-0.05, 0) is 76.5 Å². The van der Waals surface area contributed by atoms with E-state index >= 15 is 0 Å². The van der Waals surface area contributed by atoms with Gasteiger partial charge in [-0.1, -0.05) is 30.3 Å². The van der Waals surface area contributed by atoms with Crippen molar-refractivity contribution in [2.24, 2.45) is 0 Å². The van der Waals surface area contributed by atoms with Crippen LogP contribution in [0.25, 0.3) is 6.08 Å². The van der Waals surface area contributed by atoms with E-state index < -0.39 is 0 Å². The molecule has 5 nitrogen and oxygen atoms in total. The largest absolute Gasteiger partial charge is 0.493 e. The quantitative estimate of drug-likeness (QED) is 0.323. The Morgan fingerprint density at radius 2 is 1.74 bits per heavy atom. The number of carbonyl (C=O) groups is 2.